The van der Waals surface area contributed by atoms with E-state index in [1.54, 1.807) is 0 Å². The zero-order valence-electron chi connectivity index (χ0n) is 10.4. The van der Waals surface area contributed by atoms with Gasteiger partial charge in [-0.25, -0.2) is 0 Å². The summed E-state index contributed by atoms with van der Waals surface area (Å²) >= 11 is 0. The van der Waals surface area contributed by atoms with Crippen LogP contribution in [0.5, 0.6) is 5.75 Å². The van der Waals surface area contributed by atoms with E-state index in [2.05, 4.69) is 58.9 Å². The standard InChI is InChI=1S/C13H21OSi/c1-10(2)15(11(3)4)14-13-8-6-7-12(5)9-13/h6-11H,1-5H3. The molecule has 0 saturated carbocycles. The highest BCUT2D eigenvalue weighted by Gasteiger charge is 2.24. The van der Waals surface area contributed by atoms with Crippen LogP contribution >= 0.6 is 0 Å². The van der Waals surface area contributed by atoms with Gasteiger partial charge < -0.3 is 4.43 Å². The first-order valence-corrected chi connectivity index (χ1v) is 7.18. The van der Waals surface area contributed by atoms with Crippen molar-refractivity contribution in [2.24, 2.45) is 0 Å². The zero-order valence-corrected chi connectivity index (χ0v) is 11.4. The van der Waals surface area contributed by atoms with Crippen molar-refractivity contribution in [1.82, 2.24) is 0 Å². The minimum atomic E-state index is -0.747. The van der Waals surface area contributed by atoms with Gasteiger partial charge in [-0.05, 0) is 35.7 Å². The lowest BCUT2D eigenvalue weighted by atomic mass is 10.2. The number of rotatable bonds is 4. The summed E-state index contributed by atoms with van der Waals surface area (Å²) in [5, 5.41) is 0. The molecule has 1 aromatic carbocycles. The van der Waals surface area contributed by atoms with Gasteiger partial charge in [0.25, 0.3) is 9.04 Å². The third kappa shape index (κ3) is 3.71. The Morgan fingerprint density at radius 3 is 2.13 bits per heavy atom. The predicted octanol–water partition coefficient (Wildman–Crippen LogP) is 4.19. The lowest BCUT2D eigenvalue weighted by molar-refractivity contribution is 0.535. The van der Waals surface area contributed by atoms with E-state index in [-0.39, 0.29) is 0 Å². The lowest BCUT2D eigenvalue weighted by Crippen LogP contribution is -2.28. The molecule has 0 unspecified atom stereocenters. The Labute approximate surface area is 95.2 Å². The lowest BCUT2D eigenvalue weighted by Gasteiger charge is -2.23. The molecular weight excluding hydrogens is 200 g/mol. The van der Waals surface area contributed by atoms with Crippen LogP contribution in [0.15, 0.2) is 24.3 Å². The summed E-state index contributed by atoms with van der Waals surface area (Å²) in [4.78, 5) is 0. The van der Waals surface area contributed by atoms with Crippen LogP contribution in [-0.4, -0.2) is 9.04 Å². The number of aryl methyl sites for hydroxylation is 1. The van der Waals surface area contributed by atoms with Gasteiger partial charge in [-0.15, -0.1) is 0 Å². The van der Waals surface area contributed by atoms with Gasteiger partial charge in [-0.3, -0.25) is 0 Å². The Kier molecular flexibility index (Phi) is 4.39. The highest BCUT2D eigenvalue weighted by Crippen LogP contribution is 2.24. The van der Waals surface area contributed by atoms with Crippen LogP contribution in [0.1, 0.15) is 33.3 Å². The van der Waals surface area contributed by atoms with Crippen molar-refractivity contribution >= 4 is 9.04 Å². The van der Waals surface area contributed by atoms with E-state index in [1.165, 1.54) is 5.56 Å². The average Bonchev–Trinajstić information content (AvgIpc) is 2.13. The molecule has 15 heavy (non-hydrogen) atoms. The summed E-state index contributed by atoms with van der Waals surface area (Å²) in [6, 6.07) is 8.34. The summed E-state index contributed by atoms with van der Waals surface area (Å²) in [5.74, 6) is 1.03. The maximum Gasteiger partial charge on any atom is 0.286 e. The maximum absolute atomic E-state index is 6.12. The van der Waals surface area contributed by atoms with Crippen molar-refractivity contribution in [2.45, 2.75) is 45.7 Å². The molecule has 0 aliphatic heterocycles. The van der Waals surface area contributed by atoms with E-state index in [4.69, 9.17) is 4.43 Å². The third-order valence-electron chi connectivity index (χ3n) is 2.36. The second-order valence-corrected chi connectivity index (χ2v) is 7.95. The first-order chi connectivity index (χ1) is 7.00. The molecule has 0 bridgehead atoms. The predicted molar refractivity (Wildman–Crippen MR) is 67.8 cm³/mol. The van der Waals surface area contributed by atoms with Crippen molar-refractivity contribution in [3.05, 3.63) is 29.8 Å². The fraction of sp³-hybridized carbons (Fsp3) is 0.538. The number of benzene rings is 1. The smallest absolute Gasteiger partial charge is 0.286 e. The molecule has 0 aromatic heterocycles. The molecule has 2 heteroatoms. The highest BCUT2D eigenvalue weighted by atomic mass is 28.3. The van der Waals surface area contributed by atoms with Crippen LogP contribution in [0.25, 0.3) is 0 Å². The van der Waals surface area contributed by atoms with Gasteiger partial charge >= 0.3 is 0 Å². The summed E-state index contributed by atoms with van der Waals surface area (Å²) in [6.45, 7) is 11.1. The van der Waals surface area contributed by atoms with Crippen LogP contribution in [0.4, 0.5) is 0 Å². The average molecular weight is 221 g/mol. The fourth-order valence-corrected chi connectivity index (χ4v) is 3.92. The Hall–Kier alpha value is -0.763. The van der Waals surface area contributed by atoms with Gasteiger partial charge in [0, 0.05) is 0 Å². The molecular formula is C13H21OSi. The van der Waals surface area contributed by atoms with Crippen LogP contribution < -0.4 is 4.43 Å². The molecule has 0 N–H and O–H groups in total. The highest BCUT2D eigenvalue weighted by molar-refractivity contribution is 6.55. The van der Waals surface area contributed by atoms with Gasteiger partial charge in [-0.1, -0.05) is 39.8 Å². The fourth-order valence-electron chi connectivity index (χ4n) is 1.72. The van der Waals surface area contributed by atoms with Gasteiger partial charge in [0.2, 0.25) is 0 Å². The van der Waals surface area contributed by atoms with Gasteiger partial charge in [-0.2, -0.15) is 0 Å². The third-order valence-corrected chi connectivity index (χ3v) is 5.11. The van der Waals surface area contributed by atoms with Gasteiger partial charge in [0.1, 0.15) is 5.75 Å². The van der Waals surface area contributed by atoms with Crippen molar-refractivity contribution in [1.29, 1.82) is 0 Å². The zero-order chi connectivity index (χ0) is 11.4. The Morgan fingerprint density at radius 2 is 1.67 bits per heavy atom. The van der Waals surface area contributed by atoms with Crippen molar-refractivity contribution in [3.63, 3.8) is 0 Å². The van der Waals surface area contributed by atoms with Crippen molar-refractivity contribution in [2.75, 3.05) is 0 Å². The summed E-state index contributed by atoms with van der Waals surface area (Å²) in [6.07, 6.45) is 0. The molecule has 0 aliphatic carbocycles. The summed E-state index contributed by atoms with van der Waals surface area (Å²) < 4.78 is 6.12. The molecule has 0 aliphatic rings. The molecule has 1 aromatic rings. The molecule has 83 valence electrons. The second kappa shape index (κ2) is 5.36. The van der Waals surface area contributed by atoms with E-state index in [0.29, 0.717) is 11.1 Å². The molecule has 0 saturated heterocycles. The van der Waals surface area contributed by atoms with E-state index in [0.717, 1.165) is 5.75 Å². The largest absolute Gasteiger partial charge is 0.541 e. The molecule has 0 amide bonds. The summed E-state index contributed by atoms with van der Waals surface area (Å²) in [7, 11) is -0.747. The second-order valence-electron chi connectivity index (χ2n) is 4.63. The topological polar surface area (TPSA) is 9.23 Å². The number of hydrogen-bond donors (Lipinski definition) is 0. The van der Waals surface area contributed by atoms with Crippen LogP contribution in [0, 0.1) is 6.92 Å². The molecule has 0 spiro atoms. The van der Waals surface area contributed by atoms with Crippen LogP contribution in [-0.2, 0) is 0 Å². The van der Waals surface area contributed by atoms with Gasteiger partial charge in [0.15, 0.2) is 0 Å². The van der Waals surface area contributed by atoms with Gasteiger partial charge in [0.05, 0.1) is 0 Å². The van der Waals surface area contributed by atoms with E-state index >= 15 is 0 Å². The van der Waals surface area contributed by atoms with Crippen LogP contribution in [0.3, 0.4) is 0 Å². The van der Waals surface area contributed by atoms with Crippen molar-refractivity contribution < 1.29 is 4.43 Å². The Bertz CT molecular complexity index is 299. The minimum absolute atomic E-state index is 0.649. The first kappa shape index (κ1) is 12.3. The monoisotopic (exact) mass is 221 g/mol. The maximum atomic E-state index is 6.12. The molecule has 0 fully saturated rings. The summed E-state index contributed by atoms with van der Waals surface area (Å²) in [5.41, 5.74) is 2.56. The van der Waals surface area contributed by atoms with E-state index in [1.807, 2.05) is 0 Å². The Morgan fingerprint density at radius 1 is 1.07 bits per heavy atom. The quantitative estimate of drug-likeness (QED) is 0.693. The van der Waals surface area contributed by atoms with E-state index < -0.39 is 9.04 Å². The molecule has 0 heterocycles. The minimum Gasteiger partial charge on any atom is -0.541 e. The van der Waals surface area contributed by atoms with Crippen molar-refractivity contribution in [3.8, 4) is 5.75 Å². The molecule has 1 nitrogen and oxygen atoms in total. The number of hydrogen-bond acceptors (Lipinski definition) is 1. The van der Waals surface area contributed by atoms with E-state index in [9.17, 15) is 0 Å². The Balaban J connectivity index is 2.74. The normalized spacial score (nSPS) is 11.5. The SMILES string of the molecule is Cc1cccc(O[Si](C(C)C)C(C)C)c1. The van der Waals surface area contributed by atoms with Crippen LogP contribution in [0.2, 0.25) is 11.1 Å². The molecule has 1 rings (SSSR count). The first-order valence-electron chi connectivity index (χ1n) is 5.62. The molecule has 0 atom stereocenters. The molecule has 1 radical (unpaired) electrons.